The summed E-state index contributed by atoms with van der Waals surface area (Å²) >= 11 is 0. The Morgan fingerprint density at radius 3 is 2.70 bits per heavy atom. The third kappa shape index (κ3) is 5.52. The Bertz CT molecular complexity index is 1350. The number of carbonyl (C=O) groups is 2. The number of benzene rings is 1. The molecule has 0 spiro atoms. The maximum absolute atomic E-state index is 14.6. The average Bonchev–Trinajstić information content (AvgIpc) is 2.94. The largest absolute Gasteiger partial charge is 0.383 e. The van der Waals surface area contributed by atoms with E-state index in [2.05, 4.69) is 25.8 Å². The van der Waals surface area contributed by atoms with E-state index in [-0.39, 0.29) is 22.9 Å². The first-order valence-electron chi connectivity index (χ1n) is 12.6. The number of nitrogens with zero attached hydrogens (tertiary/aromatic N) is 3. The minimum absolute atomic E-state index is 0.0165. The lowest BCUT2D eigenvalue weighted by atomic mass is 9.96. The molecule has 1 fully saturated rings. The van der Waals surface area contributed by atoms with Crippen molar-refractivity contribution in [2.75, 3.05) is 31.5 Å². The number of piperidine rings is 1. The summed E-state index contributed by atoms with van der Waals surface area (Å²) in [6, 6.07) is 7.87. The summed E-state index contributed by atoms with van der Waals surface area (Å²) in [6.07, 6.45) is 6.64. The number of hydrogen-bond donors (Lipinski definition) is 3. The van der Waals surface area contributed by atoms with Crippen molar-refractivity contribution in [1.29, 1.82) is 0 Å². The zero-order valence-corrected chi connectivity index (χ0v) is 20.4. The van der Waals surface area contributed by atoms with Gasteiger partial charge >= 0.3 is 0 Å². The van der Waals surface area contributed by atoms with Crippen LogP contribution >= 0.6 is 0 Å². The number of likely N-dealkylation sites (tertiary alicyclic amines) is 1. The maximum atomic E-state index is 14.6. The lowest BCUT2D eigenvalue weighted by Gasteiger charge is -2.32. The van der Waals surface area contributed by atoms with Gasteiger partial charge in [0.1, 0.15) is 5.82 Å². The minimum Gasteiger partial charge on any atom is -0.383 e. The highest BCUT2D eigenvalue weighted by molar-refractivity contribution is 5.95. The van der Waals surface area contributed by atoms with Crippen molar-refractivity contribution in [3.05, 3.63) is 86.8 Å². The predicted octanol–water partition coefficient (Wildman–Crippen LogP) is 2.54. The van der Waals surface area contributed by atoms with Gasteiger partial charge in [-0.15, -0.1) is 0 Å². The number of carbonyl (C=O) groups excluding carboxylic acids is 2. The molecule has 0 aliphatic carbocycles. The Balaban J connectivity index is 1.19. The van der Waals surface area contributed by atoms with E-state index < -0.39 is 11.7 Å². The van der Waals surface area contributed by atoms with Gasteiger partial charge in [0.05, 0.1) is 16.9 Å². The quantitative estimate of drug-likeness (QED) is 0.475. The highest BCUT2D eigenvalue weighted by atomic mass is 19.1. The van der Waals surface area contributed by atoms with E-state index in [1.54, 1.807) is 36.7 Å². The second-order valence-corrected chi connectivity index (χ2v) is 9.56. The third-order valence-electron chi connectivity index (χ3n) is 7.09. The maximum Gasteiger partial charge on any atom is 0.269 e. The van der Waals surface area contributed by atoms with Gasteiger partial charge in [0.25, 0.3) is 17.4 Å². The fraction of sp³-hybridized carbons (Fsp3) is 0.370. The van der Waals surface area contributed by atoms with Crippen LogP contribution in [0.25, 0.3) is 0 Å². The van der Waals surface area contributed by atoms with E-state index >= 15 is 0 Å². The summed E-state index contributed by atoms with van der Waals surface area (Å²) in [4.78, 5) is 43.3. The Kier molecular flexibility index (Phi) is 7.25. The highest BCUT2D eigenvalue weighted by Gasteiger charge is 2.25. The monoisotopic (exact) mass is 504 g/mol. The molecule has 4 heterocycles. The second kappa shape index (κ2) is 10.9. The molecule has 0 bridgehead atoms. The number of anilines is 1. The fourth-order valence-electron chi connectivity index (χ4n) is 4.98. The molecule has 2 amide bonds. The zero-order chi connectivity index (χ0) is 25.8. The number of halogens is 1. The number of amides is 2. The molecule has 0 unspecified atom stereocenters. The smallest absolute Gasteiger partial charge is 0.269 e. The molecular weight excluding hydrogens is 475 g/mol. The molecule has 10 heteroatoms. The van der Waals surface area contributed by atoms with Crippen LogP contribution in [0.1, 0.15) is 56.8 Å². The Hall–Kier alpha value is -4.08. The lowest BCUT2D eigenvalue weighted by molar-refractivity contribution is 0.0684. The van der Waals surface area contributed by atoms with Crippen molar-refractivity contribution in [1.82, 2.24) is 25.4 Å². The van der Waals surface area contributed by atoms with Gasteiger partial charge in [0, 0.05) is 56.1 Å². The van der Waals surface area contributed by atoms with Crippen molar-refractivity contribution in [2.45, 2.75) is 32.1 Å². The molecule has 0 radical (unpaired) electrons. The van der Waals surface area contributed by atoms with Gasteiger partial charge < -0.3 is 15.5 Å². The van der Waals surface area contributed by atoms with E-state index in [1.165, 1.54) is 6.07 Å². The van der Waals surface area contributed by atoms with Crippen LogP contribution in [-0.4, -0.2) is 58.1 Å². The molecule has 3 aromatic rings. The second-order valence-electron chi connectivity index (χ2n) is 9.56. The number of hydrogen-bond acceptors (Lipinski definition) is 6. The summed E-state index contributed by atoms with van der Waals surface area (Å²) in [5.74, 6) is -0.866. The number of aromatic nitrogens is 3. The summed E-state index contributed by atoms with van der Waals surface area (Å²) < 4.78 is 14.6. The first-order valence-corrected chi connectivity index (χ1v) is 12.6. The van der Waals surface area contributed by atoms with Crippen molar-refractivity contribution in [2.24, 2.45) is 5.92 Å². The number of pyridine rings is 1. The minimum atomic E-state index is -0.589. The Morgan fingerprint density at radius 1 is 1.14 bits per heavy atom. The van der Waals surface area contributed by atoms with Crippen molar-refractivity contribution in [3.63, 3.8) is 0 Å². The molecule has 5 rings (SSSR count). The van der Waals surface area contributed by atoms with Crippen LogP contribution in [-0.2, 0) is 12.8 Å². The van der Waals surface area contributed by atoms with Gasteiger partial charge in [0.15, 0.2) is 0 Å². The van der Waals surface area contributed by atoms with Crippen LogP contribution in [0.2, 0.25) is 0 Å². The number of fused-ring (bicyclic) bond motifs is 1. The van der Waals surface area contributed by atoms with Gasteiger partial charge in [-0.05, 0) is 61.4 Å². The molecule has 2 aliphatic rings. The molecule has 37 heavy (non-hydrogen) atoms. The molecule has 0 saturated carbocycles. The van der Waals surface area contributed by atoms with E-state index in [4.69, 9.17) is 0 Å². The molecule has 2 aromatic heterocycles. The van der Waals surface area contributed by atoms with E-state index in [0.29, 0.717) is 49.3 Å². The molecule has 0 atom stereocenters. The van der Waals surface area contributed by atoms with Crippen LogP contribution in [0.4, 0.5) is 10.1 Å². The van der Waals surface area contributed by atoms with Crippen LogP contribution in [0.3, 0.4) is 0 Å². The fourth-order valence-corrected chi connectivity index (χ4v) is 4.98. The van der Waals surface area contributed by atoms with Crippen molar-refractivity contribution < 1.29 is 14.0 Å². The molecule has 192 valence electrons. The van der Waals surface area contributed by atoms with Crippen LogP contribution in [0, 0.1) is 11.7 Å². The standard InChI is InChI=1S/C27H29FN6O3/c28-22-4-3-18(15-23-24-20(2-1-9-30-24)26(36)33-32-23)14-21(22)25(35)31-16-17-7-12-34(13-8-17)27(37)19-5-10-29-11-6-19/h3-6,10-11,14,17,30H,1-2,7-9,12-13,15-16H2,(H,31,35)(H,33,36). The lowest BCUT2D eigenvalue weighted by Crippen LogP contribution is -2.41. The summed E-state index contributed by atoms with van der Waals surface area (Å²) in [5, 5.41) is 12.9. The van der Waals surface area contributed by atoms with E-state index in [9.17, 15) is 18.8 Å². The number of nitrogens with one attached hydrogen (secondary N) is 3. The van der Waals surface area contributed by atoms with Gasteiger partial charge in [-0.1, -0.05) is 6.07 Å². The molecule has 1 aromatic carbocycles. The zero-order valence-electron chi connectivity index (χ0n) is 20.4. The van der Waals surface area contributed by atoms with Crippen LogP contribution in [0.15, 0.2) is 47.5 Å². The van der Waals surface area contributed by atoms with Crippen LogP contribution in [0.5, 0.6) is 0 Å². The molecule has 2 aliphatic heterocycles. The van der Waals surface area contributed by atoms with Gasteiger partial charge in [-0.3, -0.25) is 19.4 Å². The van der Waals surface area contributed by atoms with Gasteiger partial charge in [-0.2, -0.15) is 5.10 Å². The van der Waals surface area contributed by atoms with Crippen molar-refractivity contribution >= 4 is 17.5 Å². The summed E-state index contributed by atoms with van der Waals surface area (Å²) in [6.45, 7) is 2.39. The van der Waals surface area contributed by atoms with E-state index in [1.807, 2.05) is 4.90 Å². The van der Waals surface area contributed by atoms with Crippen molar-refractivity contribution in [3.8, 4) is 0 Å². The molecule has 1 saturated heterocycles. The Morgan fingerprint density at radius 2 is 1.92 bits per heavy atom. The first kappa shape index (κ1) is 24.6. The average molecular weight is 505 g/mol. The summed E-state index contributed by atoms with van der Waals surface area (Å²) in [5.41, 5.74) is 3.21. The summed E-state index contributed by atoms with van der Waals surface area (Å²) in [7, 11) is 0. The Labute approximate surface area is 213 Å². The van der Waals surface area contributed by atoms with Crippen LogP contribution < -0.4 is 16.2 Å². The van der Waals surface area contributed by atoms with Gasteiger partial charge in [-0.25, -0.2) is 9.49 Å². The normalized spacial score (nSPS) is 15.5. The first-order chi connectivity index (χ1) is 18.0. The van der Waals surface area contributed by atoms with Gasteiger partial charge in [0.2, 0.25) is 0 Å². The number of rotatable bonds is 6. The molecule has 3 N–H and O–H groups in total. The third-order valence-corrected chi connectivity index (χ3v) is 7.09. The molecular formula is C27H29FN6O3. The highest BCUT2D eigenvalue weighted by Crippen LogP contribution is 2.24. The topological polar surface area (TPSA) is 120 Å². The molecule has 9 nitrogen and oxygen atoms in total. The number of aromatic amines is 1. The predicted molar refractivity (Wildman–Crippen MR) is 136 cm³/mol. The SMILES string of the molecule is O=C(NCC1CCN(C(=O)c2ccncc2)CC1)c1cc(Cc2n[nH]c(=O)c3c2NCCC3)ccc1F. The number of H-pyrrole nitrogens is 1. The van der Waals surface area contributed by atoms with E-state index in [0.717, 1.165) is 37.1 Å².